The highest BCUT2D eigenvalue weighted by molar-refractivity contribution is 5.78. The third kappa shape index (κ3) is 4.37. The van der Waals surface area contributed by atoms with Crippen LogP contribution in [-0.2, 0) is 4.79 Å². The van der Waals surface area contributed by atoms with Crippen LogP contribution in [0.5, 0.6) is 5.75 Å². The Kier molecular flexibility index (Phi) is 5.34. The first-order chi connectivity index (χ1) is 12.0. The maximum absolute atomic E-state index is 12.4. The minimum absolute atomic E-state index is 0.0406. The average molecular weight is 340 g/mol. The van der Waals surface area contributed by atoms with Gasteiger partial charge in [-0.3, -0.25) is 9.78 Å². The predicted octanol–water partition coefficient (Wildman–Crippen LogP) is 2.71. The number of ether oxygens (including phenoxy) is 1. The van der Waals surface area contributed by atoms with Crippen LogP contribution < -0.4 is 10.1 Å². The summed E-state index contributed by atoms with van der Waals surface area (Å²) in [5, 5.41) is 12.6. The molecule has 0 saturated heterocycles. The third-order valence-electron chi connectivity index (χ3n) is 4.79. The van der Waals surface area contributed by atoms with Crippen LogP contribution in [0, 0.1) is 19.8 Å². The third-order valence-corrected chi connectivity index (χ3v) is 4.79. The molecule has 0 aliphatic heterocycles. The molecule has 1 amide bonds. The molecular weight excluding hydrogens is 316 g/mol. The maximum Gasteiger partial charge on any atom is 0.258 e. The van der Waals surface area contributed by atoms with Gasteiger partial charge in [-0.15, -0.1) is 0 Å². The van der Waals surface area contributed by atoms with Crippen molar-refractivity contribution >= 4 is 5.91 Å². The number of hydrogen-bond donors (Lipinski definition) is 2. The predicted molar refractivity (Wildman–Crippen MR) is 95.3 cm³/mol. The zero-order chi connectivity index (χ0) is 17.8. The van der Waals surface area contributed by atoms with Gasteiger partial charge in [0.05, 0.1) is 17.8 Å². The Morgan fingerprint density at radius 2 is 2.08 bits per heavy atom. The van der Waals surface area contributed by atoms with Crippen molar-refractivity contribution in [2.75, 3.05) is 6.61 Å². The molecule has 1 aromatic carbocycles. The van der Waals surface area contributed by atoms with Crippen LogP contribution in [0.25, 0.3) is 0 Å². The average Bonchev–Trinajstić information content (AvgIpc) is 2.59. The highest BCUT2D eigenvalue weighted by atomic mass is 16.5. The Morgan fingerprint density at radius 1 is 1.28 bits per heavy atom. The topological polar surface area (TPSA) is 71.5 Å². The van der Waals surface area contributed by atoms with E-state index >= 15 is 0 Å². The molecule has 1 aliphatic rings. The summed E-state index contributed by atoms with van der Waals surface area (Å²) in [6.45, 7) is 4.01. The first-order valence-electron chi connectivity index (χ1n) is 8.61. The number of carbonyl (C=O) groups is 1. The molecule has 0 unspecified atom stereocenters. The van der Waals surface area contributed by atoms with Gasteiger partial charge in [-0.1, -0.05) is 12.1 Å². The van der Waals surface area contributed by atoms with Gasteiger partial charge >= 0.3 is 0 Å². The van der Waals surface area contributed by atoms with Gasteiger partial charge in [0.15, 0.2) is 6.61 Å². The fourth-order valence-electron chi connectivity index (χ4n) is 3.06. The van der Waals surface area contributed by atoms with Crippen molar-refractivity contribution in [3.8, 4) is 5.75 Å². The van der Waals surface area contributed by atoms with Crippen molar-refractivity contribution in [1.82, 2.24) is 10.3 Å². The van der Waals surface area contributed by atoms with Crippen LogP contribution in [-0.4, -0.2) is 28.7 Å². The van der Waals surface area contributed by atoms with Crippen molar-refractivity contribution in [3.05, 3.63) is 59.4 Å². The van der Waals surface area contributed by atoms with E-state index < -0.39 is 0 Å². The second-order valence-corrected chi connectivity index (χ2v) is 6.72. The molecule has 3 rings (SSSR count). The summed E-state index contributed by atoms with van der Waals surface area (Å²) in [5.41, 5.74) is 3.14. The Balaban J connectivity index is 1.61. The highest BCUT2D eigenvalue weighted by Gasteiger charge is 2.36. The molecule has 2 aromatic rings. The van der Waals surface area contributed by atoms with Gasteiger partial charge in [-0.05, 0) is 68.0 Å². The fourth-order valence-corrected chi connectivity index (χ4v) is 3.06. The number of rotatable bonds is 6. The van der Waals surface area contributed by atoms with Crippen LogP contribution in [0.3, 0.4) is 0 Å². The van der Waals surface area contributed by atoms with E-state index in [1.165, 1.54) is 5.56 Å². The minimum atomic E-state index is -0.278. The van der Waals surface area contributed by atoms with E-state index in [2.05, 4.69) is 10.3 Å². The molecule has 5 nitrogen and oxygen atoms in total. The van der Waals surface area contributed by atoms with Gasteiger partial charge in [-0.25, -0.2) is 0 Å². The molecule has 1 fully saturated rings. The molecule has 5 heteroatoms. The Labute approximate surface area is 148 Å². The lowest BCUT2D eigenvalue weighted by atomic mass is 9.76. The van der Waals surface area contributed by atoms with Gasteiger partial charge < -0.3 is 15.2 Å². The van der Waals surface area contributed by atoms with Crippen molar-refractivity contribution in [2.45, 2.75) is 38.8 Å². The van der Waals surface area contributed by atoms with Crippen LogP contribution in [0.15, 0.2) is 42.6 Å². The molecule has 2 N–H and O–H groups in total. The van der Waals surface area contributed by atoms with Gasteiger partial charge in [0.1, 0.15) is 5.75 Å². The molecule has 25 heavy (non-hydrogen) atoms. The fraction of sp³-hybridized carbons (Fsp3) is 0.400. The van der Waals surface area contributed by atoms with Crippen LogP contribution in [0.4, 0.5) is 0 Å². The number of nitrogens with zero attached hydrogens (tertiary/aromatic N) is 1. The first kappa shape index (κ1) is 17.4. The molecule has 1 aliphatic carbocycles. The largest absolute Gasteiger partial charge is 0.484 e. The highest BCUT2D eigenvalue weighted by Crippen LogP contribution is 2.37. The lowest BCUT2D eigenvalue weighted by Crippen LogP contribution is -2.43. The van der Waals surface area contributed by atoms with Crippen molar-refractivity contribution < 1.29 is 14.6 Å². The second-order valence-electron chi connectivity index (χ2n) is 6.72. The molecular formula is C20H24N2O3. The van der Waals surface area contributed by atoms with Crippen LogP contribution in [0.2, 0.25) is 0 Å². The van der Waals surface area contributed by atoms with E-state index in [0.717, 1.165) is 11.3 Å². The number of aliphatic hydroxyl groups excluding tert-OH is 1. The summed E-state index contributed by atoms with van der Waals surface area (Å²) in [4.78, 5) is 16.7. The summed E-state index contributed by atoms with van der Waals surface area (Å²) in [6, 6.07) is 11.2. The van der Waals surface area contributed by atoms with Crippen LogP contribution in [0.1, 0.15) is 35.7 Å². The molecule has 0 spiro atoms. The zero-order valence-corrected chi connectivity index (χ0v) is 14.6. The molecule has 1 aromatic heterocycles. The molecule has 132 valence electrons. The summed E-state index contributed by atoms with van der Waals surface area (Å²) >= 11 is 0. The minimum Gasteiger partial charge on any atom is -0.484 e. The second kappa shape index (κ2) is 7.66. The number of aliphatic hydroxyl groups is 1. The van der Waals surface area contributed by atoms with Crippen molar-refractivity contribution in [1.29, 1.82) is 0 Å². The number of carbonyl (C=O) groups excluding carboxylic acids is 1. The standard InChI is InChI=1S/C20H24N2O3/c1-13-6-7-17(9-14(13)2)25-12-19(24)22-20(15-10-16(23)11-15)18-5-3-4-8-21-18/h3-9,15-16,20,23H,10-12H2,1-2H3,(H,22,24)/t15?,16?,20-/m1/s1. The number of nitrogens with one attached hydrogen (secondary N) is 1. The van der Waals surface area contributed by atoms with Gasteiger partial charge in [0.25, 0.3) is 5.91 Å². The summed E-state index contributed by atoms with van der Waals surface area (Å²) in [7, 11) is 0. The smallest absolute Gasteiger partial charge is 0.258 e. The molecule has 1 heterocycles. The molecule has 0 bridgehead atoms. The maximum atomic E-state index is 12.4. The Morgan fingerprint density at radius 3 is 2.72 bits per heavy atom. The van der Waals surface area contributed by atoms with Crippen LogP contribution >= 0.6 is 0 Å². The molecule has 1 atom stereocenters. The van der Waals surface area contributed by atoms with Gasteiger partial charge in [0, 0.05) is 6.20 Å². The van der Waals surface area contributed by atoms with E-state index in [-0.39, 0.29) is 30.6 Å². The first-order valence-corrected chi connectivity index (χ1v) is 8.61. The normalized spacial score (nSPS) is 20.4. The van der Waals surface area contributed by atoms with Gasteiger partial charge in [0.2, 0.25) is 0 Å². The molecule has 0 radical (unpaired) electrons. The monoisotopic (exact) mass is 340 g/mol. The zero-order valence-electron chi connectivity index (χ0n) is 14.6. The number of aryl methyl sites for hydroxylation is 2. The Hall–Kier alpha value is -2.40. The number of aromatic nitrogens is 1. The SMILES string of the molecule is Cc1ccc(OCC(=O)N[C@@H](c2ccccn2)C2CC(O)C2)cc1C. The summed E-state index contributed by atoms with van der Waals surface area (Å²) in [5.74, 6) is 0.706. The van der Waals surface area contributed by atoms with E-state index in [9.17, 15) is 9.90 Å². The van der Waals surface area contributed by atoms with E-state index in [4.69, 9.17) is 4.74 Å². The number of pyridine rings is 1. The van der Waals surface area contributed by atoms with E-state index in [0.29, 0.717) is 18.6 Å². The number of hydrogen-bond acceptors (Lipinski definition) is 4. The lowest BCUT2D eigenvalue weighted by Gasteiger charge is -2.37. The van der Waals surface area contributed by atoms with Crippen molar-refractivity contribution in [2.24, 2.45) is 5.92 Å². The van der Waals surface area contributed by atoms with Gasteiger partial charge in [-0.2, -0.15) is 0 Å². The van der Waals surface area contributed by atoms with E-state index in [1.807, 2.05) is 50.2 Å². The van der Waals surface area contributed by atoms with Crippen molar-refractivity contribution in [3.63, 3.8) is 0 Å². The summed E-state index contributed by atoms with van der Waals surface area (Å²) < 4.78 is 5.61. The Bertz CT molecular complexity index is 727. The quantitative estimate of drug-likeness (QED) is 0.848. The molecule has 1 saturated carbocycles. The number of amides is 1. The summed E-state index contributed by atoms with van der Waals surface area (Å²) in [6.07, 6.45) is 2.80. The van der Waals surface area contributed by atoms with E-state index in [1.54, 1.807) is 6.20 Å². The number of benzene rings is 1. The lowest BCUT2D eigenvalue weighted by molar-refractivity contribution is -0.125.